The summed E-state index contributed by atoms with van der Waals surface area (Å²) < 4.78 is 58.1. The fourth-order valence-electron chi connectivity index (χ4n) is 3.64. The van der Waals surface area contributed by atoms with Crippen molar-refractivity contribution in [3.05, 3.63) is 36.0 Å². The minimum atomic E-state index is -4.05. The SMILES string of the molecule is N#CC1CSCN1C(=O)CNC(=O)c1ccnc2ccc(N3CC(F)(F)OC(F)(F)C3)cc12. The van der Waals surface area contributed by atoms with Gasteiger partial charge in [-0.3, -0.25) is 19.3 Å². The first-order chi connectivity index (χ1) is 15.6. The molecule has 1 atom stereocenters. The number of hydrogen-bond acceptors (Lipinski definition) is 7. The maximum Gasteiger partial charge on any atom is 0.377 e. The fourth-order valence-corrected chi connectivity index (χ4v) is 4.75. The average Bonchev–Trinajstić information content (AvgIpc) is 3.23. The zero-order valence-electron chi connectivity index (χ0n) is 16.9. The number of rotatable bonds is 4. The van der Waals surface area contributed by atoms with Crippen molar-refractivity contribution in [3.8, 4) is 6.07 Å². The molecule has 2 amide bonds. The molecule has 13 heteroatoms. The van der Waals surface area contributed by atoms with Crippen LogP contribution in [-0.2, 0) is 9.53 Å². The number of ether oxygens (including phenoxy) is 1. The molecule has 2 fully saturated rings. The van der Waals surface area contributed by atoms with E-state index in [2.05, 4.69) is 15.0 Å². The molecule has 1 N–H and O–H groups in total. The molecular formula is C20H17F4N5O3S. The minimum absolute atomic E-state index is 0.0363. The average molecular weight is 483 g/mol. The Balaban J connectivity index is 1.55. The van der Waals surface area contributed by atoms with Crippen molar-refractivity contribution in [3.63, 3.8) is 0 Å². The summed E-state index contributed by atoms with van der Waals surface area (Å²) >= 11 is 1.43. The monoisotopic (exact) mass is 483 g/mol. The molecule has 1 aromatic heterocycles. The Morgan fingerprint density at radius 2 is 1.97 bits per heavy atom. The van der Waals surface area contributed by atoms with Crippen molar-refractivity contribution in [2.75, 3.05) is 36.2 Å². The van der Waals surface area contributed by atoms with Gasteiger partial charge in [-0.2, -0.15) is 22.8 Å². The maximum atomic E-state index is 13.6. The van der Waals surface area contributed by atoms with E-state index in [4.69, 9.17) is 5.26 Å². The number of amides is 2. The Hall–Kier alpha value is -3.11. The minimum Gasteiger partial charge on any atom is -0.354 e. The van der Waals surface area contributed by atoms with E-state index in [1.807, 2.05) is 6.07 Å². The van der Waals surface area contributed by atoms with Gasteiger partial charge in [0, 0.05) is 23.0 Å². The molecule has 2 aromatic rings. The molecule has 2 saturated heterocycles. The summed E-state index contributed by atoms with van der Waals surface area (Å²) in [6.45, 7) is -2.51. The summed E-state index contributed by atoms with van der Waals surface area (Å²) in [6, 6.07) is 6.94. The van der Waals surface area contributed by atoms with Gasteiger partial charge in [0.05, 0.1) is 29.6 Å². The lowest BCUT2D eigenvalue weighted by Gasteiger charge is -2.38. The van der Waals surface area contributed by atoms with Crippen LogP contribution in [0.4, 0.5) is 23.2 Å². The Kier molecular flexibility index (Phi) is 6.06. The summed E-state index contributed by atoms with van der Waals surface area (Å²) in [4.78, 5) is 31.4. The van der Waals surface area contributed by atoms with Gasteiger partial charge in [-0.05, 0) is 24.3 Å². The van der Waals surface area contributed by atoms with Gasteiger partial charge in [0.15, 0.2) is 0 Å². The smallest absolute Gasteiger partial charge is 0.354 e. The van der Waals surface area contributed by atoms with Crippen LogP contribution >= 0.6 is 11.8 Å². The van der Waals surface area contributed by atoms with Crippen LogP contribution in [0, 0.1) is 11.3 Å². The Morgan fingerprint density at radius 3 is 2.67 bits per heavy atom. The molecule has 174 valence electrons. The highest BCUT2D eigenvalue weighted by Crippen LogP contribution is 2.36. The van der Waals surface area contributed by atoms with Crippen molar-refractivity contribution in [1.29, 1.82) is 5.26 Å². The number of aromatic nitrogens is 1. The Labute approximate surface area is 189 Å². The van der Waals surface area contributed by atoms with E-state index in [9.17, 15) is 27.2 Å². The molecule has 0 bridgehead atoms. The molecule has 8 nitrogen and oxygen atoms in total. The number of morpholine rings is 1. The molecule has 0 saturated carbocycles. The molecule has 2 aliphatic rings. The van der Waals surface area contributed by atoms with E-state index >= 15 is 0 Å². The van der Waals surface area contributed by atoms with Crippen molar-refractivity contribution in [1.82, 2.24) is 15.2 Å². The molecule has 2 aliphatic heterocycles. The maximum absolute atomic E-state index is 13.6. The first-order valence-corrected chi connectivity index (χ1v) is 10.9. The van der Waals surface area contributed by atoms with Gasteiger partial charge in [-0.25, -0.2) is 0 Å². The fraction of sp³-hybridized carbons (Fsp3) is 0.400. The van der Waals surface area contributed by atoms with Crippen molar-refractivity contribution >= 4 is 40.2 Å². The summed E-state index contributed by atoms with van der Waals surface area (Å²) in [6.07, 6.45) is -6.75. The lowest BCUT2D eigenvalue weighted by Crippen LogP contribution is -2.55. The summed E-state index contributed by atoms with van der Waals surface area (Å²) in [5, 5.41) is 11.8. The second-order valence-electron chi connectivity index (χ2n) is 7.48. The van der Waals surface area contributed by atoms with Gasteiger partial charge >= 0.3 is 12.2 Å². The van der Waals surface area contributed by atoms with Gasteiger partial charge in [0.25, 0.3) is 5.91 Å². The number of halogens is 4. The number of fused-ring (bicyclic) bond motifs is 1. The van der Waals surface area contributed by atoms with E-state index in [1.165, 1.54) is 47.1 Å². The normalized spacial score (nSPS) is 21.6. The van der Waals surface area contributed by atoms with Crippen LogP contribution < -0.4 is 10.2 Å². The van der Waals surface area contributed by atoms with Crippen LogP contribution in [0.15, 0.2) is 30.5 Å². The Bertz CT molecular complexity index is 1130. The quantitative estimate of drug-likeness (QED) is 0.667. The van der Waals surface area contributed by atoms with Crippen LogP contribution in [0.25, 0.3) is 10.9 Å². The third kappa shape index (κ3) is 4.96. The summed E-state index contributed by atoms with van der Waals surface area (Å²) in [5.41, 5.74) is 0.466. The van der Waals surface area contributed by atoms with Crippen molar-refractivity contribution in [2.24, 2.45) is 0 Å². The standard InChI is InChI=1S/C20H17F4N5O3S/c21-19(22)9-28(10-20(23,24)32-19)12-1-2-16-15(5-12)14(3-4-26-16)18(31)27-7-17(30)29-11-33-8-13(29)6-25/h1-5,13H,7-11H2,(H,27,31). The second kappa shape index (κ2) is 8.68. The predicted molar refractivity (Wildman–Crippen MR) is 111 cm³/mol. The molecule has 3 heterocycles. The van der Waals surface area contributed by atoms with E-state index in [0.717, 1.165) is 4.90 Å². The van der Waals surface area contributed by atoms with Crippen LogP contribution in [0.3, 0.4) is 0 Å². The number of thioether (sulfide) groups is 1. The molecular weight excluding hydrogens is 466 g/mol. The van der Waals surface area contributed by atoms with Gasteiger partial charge in [0.1, 0.15) is 19.1 Å². The van der Waals surface area contributed by atoms with Crippen molar-refractivity contribution in [2.45, 2.75) is 18.3 Å². The number of carbonyl (C=O) groups excluding carboxylic acids is 2. The first kappa shape index (κ1) is 23.1. The number of hydrogen-bond donors (Lipinski definition) is 1. The lowest BCUT2D eigenvalue weighted by atomic mass is 10.1. The first-order valence-electron chi connectivity index (χ1n) is 9.73. The Morgan fingerprint density at radius 1 is 1.24 bits per heavy atom. The molecule has 33 heavy (non-hydrogen) atoms. The van der Waals surface area contributed by atoms with Gasteiger partial charge < -0.3 is 15.1 Å². The molecule has 0 radical (unpaired) electrons. The van der Waals surface area contributed by atoms with Gasteiger partial charge in [-0.1, -0.05) is 0 Å². The molecule has 0 spiro atoms. The van der Waals surface area contributed by atoms with Gasteiger partial charge in [0.2, 0.25) is 5.91 Å². The topological polar surface area (TPSA) is 98.6 Å². The number of nitrogens with zero attached hydrogens (tertiary/aromatic N) is 4. The highest BCUT2D eigenvalue weighted by molar-refractivity contribution is 7.99. The van der Waals surface area contributed by atoms with Crippen LogP contribution in [0.1, 0.15) is 10.4 Å². The number of pyridine rings is 1. The van der Waals surface area contributed by atoms with Crippen molar-refractivity contribution < 1.29 is 31.9 Å². The zero-order chi connectivity index (χ0) is 23.8. The largest absolute Gasteiger partial charge is 0.377 e. The highest BCUT2D eigenvalue weighted by Gasteiger charge is 2.51. The van der Waals surface area contributed by atoms with E-state index in [-0.39, 0.29) is 23.2 Å². The lowest BCUT2D eigenvalue weighted by molar-refractivity contribution is -0.380. The highest BCUT2D eigenvalue weighted by atomic mass is 32.2. The number of carbonyl (C=O) groups is 2. The third-order valence-electron chi connectivity index (χ3n) is 5.14. The molecule has 0 aliphatic carbocycles. The van der Waals surface area contributed by atoms with Crippen LogP contribution in [-0.4, -0.2) is 71.2 Å². The van der Waals surface area contributed by atoms with E-state index in [0.29, 0.717) is 17.1 Å². The number of alkyl halides is 4. The molecule has 1 aromatic carbocycles. The van der Waals surface area contributed by atoms with Crippen LogP contribution in [0.2, 0.25) is 0 Å². The summed E-state index contributed by atoms with van der Waals surface area (Å²) in [5.74, 6) is -0.209. The van der Waals surface area contributed by atoms with E-state index in [1.54, 1.807) is 0 Å². The number of nitrogens with one attached hydrogen (secondary N) is 1. The summed E-state index contributed by atoms with van der Waals surface area (Å²) in [7, 11) is 0. The molecule has 4 rings (SSSR count). The van der Waals surface area contributed by atoms with Crippen LogP contribution in [0.5, 0.6) is 0 Å². The predicted octanol–water partition coefficient (Wildman–Crippen LogP) is 2.41. The number of benzene rings is 1. The van der Waals surface area contributed by atoms with Gasteiger partial charge in [-0.15, -0.1) is 11.8 Å². The zero-order valence-corrected chi connectivity index (χ0v) is 17.7. The van der Waals surface area contributed by atoms with E-state index < -0.39 is 43.2 Å². The third-order valence-corrected chi connectivity index (χ3v) is 6.15. The second-order valence-corrected chi connectivity index (χ2v) is 8.48. The molecule has 1 unspecified atom stereocenters. The number of anilines is 1. The number of nitriles is 1.